The van der Waals surface area contributed by atoms with E-state index in [-0.39, 0.29) is 17.8 Å². The van der Waals surface area contributed by atoms with Crippen LogP contribution in [0.4, 0.5) is 4.39 Å². The molecule has 4 nitrogen and oxygen atoms in total. The van der Waals surface area contributed by atoms with Crippen molar-refractivity contribution < 1.29 is 13.9 Å². The van der Waals surface area contributed by atoms with E-state index in [9.17, 15) is 9.18 Å². The minimum atomic E-state index is -0.259. The molecule has 1 N–H and O–H groups in total. The van der Waals surface area contributed by atoms with Gasteiger partial charge in [-0.15, -0.1) is 0 Å². The third-order valence-corrected chi connectivity index (χ3v) is 5.52. The quantitative estimate of drug-likeness (QED) is 0.760. The summed E-state index contributed by atoms with van der Waals surface area (Å²) >= 11 is 6.15. The number of halogens is 2. The number of benzene rings is 2. The Hall–Kier alpha value is -1.95. The zero-order valence-electron chi connectivity index (χ0n) is 16.1. The van der Waals surface area contributed by atoms with E-state index in [0.29, 0.717) is 32.6 Å². The fraction of sp³-hybridized carbons (Fsp3) is 0.409. The lowest BCUT2D eigenvalue weighted by Crippen LogP contribution is -2.43. The van der Waals surface area contributed by atoms with Gasteiger partial charge in [0.1, 0.15) is 5.82 Å². The van der Waals surface area contributed by atoms with Gasteiger partial charge in [0.2, 0.25) is 5.91 Å². The highest BCUT2D eigenvalue weighted by Gasteiger charge is 2.23. The van der Waals surface area contributed by atoms with Crippen molar-refractivity contribution in [2.75, 3.05) is 32.8 Å². The second-order valence-electron chi connectivity index (χ2n) is 7.10. The second-order valence-corrected chi connectivity index (χ2v) is 7.51. The highest BCUT2D eigenvalue weighted by Crippen LogP contribution is 2.22. The molecule has 28 heavy (non-hydrogen) atoms. The molecule has 1 atom stereocenters. The average molecular weight is 405 g/mol. The molecule has 6 heteroatoms. The molecular weight excluding hydrogens is 379 g/mol. The lowest BCUT2D eigenvalue weighted by molar-refractivity contribution is -0.121. The van der Waals surface area contributed by atoms with Crippen LogP contribution < -0.4 is 5.32 Å². The smallest absolute Gasteiger partial charge is 0.220 e. The number of hydrogen-bond donors (Lipinski definition) is 1. The molecule has 1 aliphatic heterocycles. The van der Waals surface area contributed by atoms with Crippen LogP contribution in [0.5, 0.6) is 0 Å². The van der Waals surface area contributed by atoms with E-state index in [0.717, 1.165) is 34.8 Å². The SMILES string of the molecule is Cc1ccc(CCC(=O)NC[C@H](c2ccc(F)cc2)N2CCOCC2)cc1Cl. The Labute approximate surface area is 170 Å². The van der Waals surface area contributed by atoms with E-state index in [1.165, 1.54) is 12.1 Å². The lowest BCUT2D eigenvalue weighted by atomic mass is 10.0. The Balaban J connectivity index is 1.58. The predicted molar refractivity (Wildman–Crippen MR) is 109 cm³/mol. The molecular formula is C22H26ClFN2O2. The molecule has 1 amide bonds. The lowest BCUT2D eigenvalue weighted by Gasteiger charge is -2.35. The normalized spacial score (nSPS) is 16.0. The number of nitrogens with zero attached hydrogens (tertiary/aromatic N) is 1. The number of ether oxygens (including phenoxy) is 1. The average Bonchev–Trinajstić information content (AvgIpc) is 2.71. The third-order valence-electron chi connectivity index (χ3n) is 5.11. The van der Waals surface area contributed by atoms with Gasteiger partial charge >= 0.3 is 0 Å². The van der Waals surface area contributed by atoms with Gasteiger partial charge in [-0.2, -0.15) is 0 Å². The first-order valence-corrected chi connectivity index (χ1v) is 10.00. The van der Waals surface area contributed by atoms with Gasteiger partial charge in [0.15, 0.2) is 0 Å². The number of nitrogens with one attached hydrogen (secondary N) is 1. The van der Waals surface area contributed by atoms with E-state index < -0.39 is 0 Å². The van der Waals surface area contributed by atoms with Crippen LogP contribution in [-0.4, -0.2) is 43.7 Å². The molecule has 2 aromatic carbocycles. The van der Waals surface area contributed by atoms with E-state index in [2.05, 4.69) is 10.2 Å². The van der Waals surface area contributed by atoms with Gasteiger partial charge in [-0.25, -0.2) is 4.39 Å². The fourth-order valence-corrected chi connectivity index (χ4v) is 3.58. The molecule has 2 aromatic rings. The third kappa shape index (κ3) is 5.77. The number of hydrogen-bond acceptors (Lipinski definition) is 3. The second kappa shape index (κ2) is 10.0. The molecule has 150 valence electrons. The minimum absolute atomic E-state index is 0.00210. The maximum atomic E-state index is 13.3. The number of carbonyl (C=O) groups is 1. The topological polar surface area (TPSA) is 41.6 Å². The van der Waals surface area contributed by atoms with Crippen molar-refractivity contribution in [2.24, 2.45) is 0 Å². The molecule has 3 rings (SSSR count). The largest absolute Gasteiger partial charge is 0.379 e. The molecule has 0 spiro atoms. The van der Waals surface area contributed by atoms with Gasteiger partial charge in [-0.3, -0.25) is 9.69 Å². The van der Waals surface area contributed by atoms with Crippen molar-refractivity contribution in [3.05, 3.63) is 70.0 Å². The van der Waals surface area contributed by atoms with Crippen molar-refractivity contribution in [2.45, 2.75) is 25.8 Å². The Morgan fingerprint density at radius 1 is 1.21 bits per heavy atom. The summed E-state index contributed by atoms with van der Waals surface area (Å²) in [4.78, 5) is 14.7. The van der Waals surface area contributed by atoms with Gasteiger partial charge in [0.25, 0.3) is 0 Å². The molecule has 0 saturated carbocycles. The van der Waals surface area contributed by atoms with Crippen molar-refractivity contribution in [3.8, 4) is 0 Å². The van der Waals surface area contributed by atoms with E-state index >= 15 is 0 Å². The summed E-state index contributed by atoms with van der Waals surface area (Å²) in [7, 11) is 0. The summed E-state index contributed by atoms with van der Waals surface area (Å²) < 4.78 is 18.7. The molecule has 1 aliphatic rings. The number of amides is 1. The summed E-state index contributed by atoms with van der Waals surface area (Å²) in [6.45, 7) is 5.36. The maximum Gasteiger partial charge on any atom is 0.220 e. The van der Waals surface area contributed by atoms with Crippen LogP contribution in [0.25, 0.3) is 0 Å². The molecule has 1 fully saturated rings. The van der Waals surface area contributed by atoms with Crippen molar-refractivity contribution in [1.82, 2.24) is 10.2 Å². The predicted octanol–water partition coefficient (Wildman–Crippen LogP) is 3.91. The minimum Gasteiger partial charge on any atom is -0.379 e. The molecule has 0 unspecified atom stereocenters. The van der Waals surface area contributed by atoms with Crippen LogP contribution in [0, 0.1) is 12.7 Å². The Bertz CT molecular complexity index is 792. The van der Waals surface area contributed by atoms with E-state index in [1.54, 1.807) is 12.1 Å². The summed E-state index contributed by atoms with van der Waals surface area (Å²) in [5.41, 5.74) is 3.07. The summed E-state index contributed by atoms with van der Waals surface area (Å²) in [5, 5.41) is 3.76. The molecule has 0 bridgehead atoms. The summed E-state index contributed by atoms with van der Waals surface area (Å²) in [6, 6.07) is 12.4. The first kappa shape index (κ1) is 20.8. The van der Waals surface area contributed by atoms with Crippen molar-refractivity contribution in [1.29, 1.82) is 0 Å². The number of morpholine rings is 1. The Kier molecular flexibility index (Phi) is 7.43. The first-order chi connectivity index (χ1) is 13.5. The Morgan fingerprint density at radius 2 is 1.93 bits per heavy atom. The molecule has 0 aliphatic carbocycles. The zero-order valence-corrected chi connectivity index (χ0v) is 16.8. The van der Waals surface area contributed by atoms with Crippen LogP contribution in [0.1, 0.15) is 29.2 Å². The Morgan fingerprint density at radius 3 is 2.61 bits per heavy atom. The molecule has 0 radical (unpaired) electrons. The van der Waals surface area contributed by atoms with Crippen LogP contribution in [-0.2, 0) is 16.0 Å². The van der Waals surface area contributed by atoms with Gasteiger partial charge in [0, 0.05) is 31.1 Å². The van der Waals surface area contributed by atoms with Crippen LogP contribution in [0.15, 0.2) is 42.5 Å². The summed E-state index contributed by atoms with van der Waals surface area (Å²) in [5.74, 6) is -0.262. The van der Waals surface area contributed by atoms with E-state index in [1.807, 2.05) is 25.1 Å². The van der Waals surface area contributed by atoms with Gasteiger partial charge in [-0.1, -0.05) is 35.9 Å². The van der Waals surface area contributed by atoms with Gasteiger partial charge < -0.3 is 10.1 Å². The van der Waals surface area contributed by atoms with Crippen LogP contribution in [0.2, 0.25) is 5.02 Å². The van der Waals surface area contributed by atoms with Crippen LogP contribution >= 0.6 is 11.6 Å². The van der Waals surface area contributed by atoms with E-state index in [4.69, 9.17) is 16.3 Å². The summed E-state index contributed by atoms with van der Waals surface area (Å²) in [6.07, 6.45) is 1.04. The fourth-order valence-electron chi connectivity index (χ4n) is 3.38. The number of carbonyl (C=O) groups excluding carboxylic acids is 1. The standard InChI is InChI=1S/C22H26ClFN2O2/c1-16-2-3-17(14-20(16)23)4-9-22(27)25-15-21(26-10-12-28-13-11-26)18-5-7-19(24)8-6-18/h2-3,5-8,14,21H,4,9-13,15H2,1H3,(H,25,27)/t21-/m1/s1. The van der Waals surface area contributed by atoms with Crippen molar-refractivity contribution >= 4 is 17.5 Å². The van der Waals surface area contributed by atoms with Gasteiger partial charge in [0.05, 0.1) is 19.3 Å². The number of aryl methyl sites for hydroxylation is 2. The maximum absolute atomic E-state index is 13.3. The molecule has 1 saturated heterocycles. The van der Waals surface area contributed by atoms with Crippen molar-refractivity contribution in [3.63, 3.8) is 0 Å². The molecule has 0 aromatic heterocycles. The zero-order chi connectivity index (χ0) is 19.9. The monoisotopic (exact) mass is 404 g/mol. The first-order valence-electron chi connectivity index (χ1n) is 9.62. The number of rotatable bonds is 7. The highest BCUT2D eigenvalue weighted by atomic mass is 35.5. The van der Waals surface area contributed by atoms with Gasteiger partial charge in [-0.05, 0) is 48.2 Å². The van der Waals surface area contributed by atoms with Crippen LogP contribution in [0.3, 0.4) is 0 Å². The molecule has 1 heterocycles. The highest BCUT2D eigenvalue weighted by molar-refractivity contribution is 6.31.